The molecule has 0 saturated carbocycles. The Bertz CT molecular complexity index is 1580. The summed E-state index contributed by atoms with van der Waals surface area (Å²) in [5, 5.41) is 22.5. The zero-order valence-corrected chi connectivity index (χ0v) is 23.5. The van der Waals surface area contributed by atoms with E-state index in [4.69, 9.17) is 14.6 Å². The molecule has 3 N–H and O–H groups in total. The highest BCUT2D eigenvalue weighted by Crippen LogP contribution is 2.37. The number of rotatable bonds is 15. The van der Waals surface area contributed by atoms with Crippen LogP contribution in [0.25, 0.3) is 20.3 Å². The third-order valence-electron chi connectivity index (χ3n) is 6.36. The number of anilines is 1. The quantitative estimate of drug-likeness (QED) is 0.0943. The molecule has 40 heavy (non-hydrogen) atoms. The molecular formula is C28H28N2O8S2. The Morgan fingerprint density at radius 3 is 2.42 bits per heavy atom. The maximum atomic E-state index is 12.4. The fourth-order valence-corrected chi connectivity index (χ4v) is 6.50. The number of pyridine rings is 1. The topological polar surface area (TPSA) is 152 Å². The number of fused-ring (bicyclic) bond motifs is 2. The second-order valence-corrected chi connectivity index (χ2v) is 11.2. The molecular weight excluding hydrogens is 556 g/mol. The Labute approximate surface area is 237 Å². The minimum atomic E-state index is -1.05. The molecule has 0 aliphatic heterocycles. The van der Waals surface area contributed by atoms with Crippen molar-refractivity contribution in [2.45, 2.75) is 38.0 Å². The van der Waals surface area contributed by atoms with Crippen molar-refractivity contribution in [3.8, 4) is 11.5 Å². The molecule has 4 rings (SSSR count). The second-order valence-electron chi connectivity index (χ2n) is 9.02. The summed E-state index contributed by atoms with van der Waals surface area (Å²) in [7, 11) is 3.13. The number of ketones is 1. The number of aliphatic carboxylic acids is 2. The number of methoxy groups -OCH3 is 2. The molecule has 0 radical (unpaired) electrons. The van der Waals surface area contributed by atoms with Crippen molar-refractivity contribution in [1.82, 2.24) is 4.98 Å². The Hall–Kier alpha value is -4.03. The SMILES string of the molecule is COc1cc2sc(C(=O)CCC(=O)O)cc2cc1CCCNc1nc2cc(C(CC=O)C(=O)O)sc2cc1OC. The summed E-state index contributed by atoms with van der Waals surface area (Å²) in [5.74, 6) is -1.38. The van der Waals surface area contributed by atoms with E-state index < -0.39 is 17.9 Å². The van der Waals surface area contributed by atoms with Crippen LogP contribution in [0.2, 0.25) is 0 Å². The average molecular weight is 585 g/mol. The predicted molar refractivity (Wildman–Crippen MR) is 154 cm³/mol. The molecule has 0 amide bonds. The van der Waals surface area contributed by atoms with Crippen molar-refractivity contribution in [3.05, 3.63) is 45.6 Å². The van der Waals surface area contributed by atoms with Crippen LogP contribution in [0.4, 0.5) is 5.82 Å². The number of nitrogens with one attached hydrogen (secondary N) is 1. The van der Waals surface area contributed by atoms with Crippen LogP contribution in [0.3, 0.4) is 0 Å². The molecule has 0 fully saturated rings. The number of thiophene rings is 2. The lowest BCUT2D eigenvalue weighted by Crippen LogP contribution is -2.10. The van der Waals surface area contributed by atoms with Gasteiger partial charge >= 0.3 is 11.9 Å². The molecule has 210 valence electrons. The second kappa shape index (κ2) is 12.9. The van der Waals surface area contributed by atoms with Crippen LogP contribution in [0.1, 0.15) is 51.7 Å². The van der Waals surface area contributed by atoms with E-state index in [1.807, 2.05) is 18.2 Å². The summed E-state index contributed by atoms with van der Waals surface area (Å²) < 4.78 is 12.8. The number of carboxylic acid groups (broad SMARTS) is 2. The first-order valence-electron chi connectivity index (χ1n) is 12.5. The Balaban J connectivity index is 1.45. The summed E-state index contributed by atoms with van der Waals surface area (Å²) in [5.41, 5.74) is 1.60. The van der Waals surface area contributed by atoms with Gasteiger partial charge in [-0.25, -0.2) is 4.98 Å². The maximum absolute atomic E-state index is 12.4. The van der Waals surface area contributed by atoms with Crippen molar-refractivity contribution >= 4 is 72.8 Å². The van der Waals surface area contributed by atoms with Crippen LogP contribution in [-0.2, 0) is 20.8 Å². The van der Waals surface area contributed by atoms with Gasteiger partial charge in [-0.1, -0.05) is 0 Å². The van der Waals surface area contributed by atoms with Gasteiger partial charge in [0.15, 0.2) is 17.4 Å². The van der Waals surface area contributed by atoms with Crippen molar-refractivity contribution < 1.29 is 38.9 Å². The smallest absolute Gasteiger partial charge is 0.312 e. The van der Waals surface area contributed by atoms with Gasteiger partial charge in [-0.05, 0) is 48.1 Å². The summed E-state index contributed by atoms with van der Waals surface area (Å²) in [4.78, 5) is 51.5. The van der Waals surface area contributed by atoms with Gasteiger partial charge in [-0.3, -0.25) is 14.4 Å². The van der Waals surface area contributed by atoms with Crippen LogP contribution in [-0.4, -0.2) is 60.0 Å². The third kappa shape index (κ3) is 6.57. The van der Waals surface area contributed by atoms with Gasteiger partial charge in [0.2, 0.25) is 0 Å². The lowest BCUT2D eigenvalue weighted by molar-refractivity contribution is -0.139. The number of ether oxygens (including phenoxy) is 2. The minimum Gasteiger partial charge on any atom is -0.496 e. The normalized spacial score (nSPS) is 11.8. The number of nitrogens with zero attached hydrogens (tertiary/aromatic N) is 1. The number of benzene rings is 1. The average Bonchev–Trinajstić information content (AvgIpc) is 3.54. The number of carbonyl (C=O) groups is 4. The number of aldehydes is 1. The largest absolute Gasteiger partial charge is 0.496 e. The Morgan fingerprint density at radius 1 is 1.00 bits per heavy atom. The van der Waals surface area contributed by atoms with E-state index in [-0.39, 0.29) is 25.0 Å². The van der Waals surface area contributed by atoms with E-state index in [1.54, 1.807) is 19.2 Å². The third-order valence-corrected chi connectivity index (χ3v) is 8.68. The van der Waals surface area contributed by atoms with Gasteiger partial charge < -0.3 is 29.8 Å². The van der Waals surface area contributed by atoms with Crippen LogP contribution in [0, 0.1) is 0 Å². The van der Waals surface area contributed by atoms with Crippen LogP contribution in [0.15, 0.2) is 30.3 Å². The molecule has 0 aliphatic carbocycles. The van der Waals surface area contributed by atoms with E-state index in [9.17, 15) is 24.3 Å². The van der Waals surface area contributed by atoms with E-state index in [1.165, 1.54) is 29.8 Å². The van der Waals surface area contributed by atoms with Crippen LogP contribution < -0.4 is 14.8 Å². The van der Waals surface area contributed by atoms with Crippen molar-refractivity contribution in [2.24, 2.45) is 0 Å². The molecule has 12 heteroatoms. The highest BCUT2D eigenvalue weighted by Gasteiger charge is 2.23. The molecule has 1 unspecified atom stereocenters. The first-order valence-corrected chi connectivity index (χ1v) is 14.1. The molecule has 0 bridgehead atoms. The number of hydrogen-bond donors (Lipinski definition) is 3. The van der Waals surface area contributed by atoms with Crippen molar-refractivity contribution in [2.75, 3.05) is 26.1 Å². The van der Waals surface area contributed by atoms with E-state index in [0.29, 0.717) is 51.8 Å². The molecule has 10 nitrogen and oxygen atoms in total. The Kier molecular flexibility index (Phi) is 9.33. The molecule has 1 aromatic carbocycles. The number of Topliss-reactive ketones (excluding diaryl/α,β-unsaturated/α-hetero) is 1. The number of aromatic nitrogens is 1. The number of carboxylic acids is 2. The van der Waals surface area contributed by atoms with Gasteiger partial charge in [-0.2, -0.15) is 0 Å². The molecule has 3 aromatic heterocycles. The Morgan fingerprint density at radius 2 is 1.75 bits per heavy atom. The zero-order valence-electron chi connectivity index (χ0n) is 21.9. The first kappa shape index (κ1) is 29.0. The highest BCUT2D eigenvalue weighted by atomic mass is 32.1. The minimum absolute atomic E-state index is 0.0350. The molecule has 0 saturated heterocycles. The van der Waals surface area contributed by atoms with Gasteiger partial charge in [0.1, 0.15) is 12.0 Å². The van der Waals surface area contributed by atoms with Crippen molar-refractivity contribution in [3.63, 3.8) is 0 Å². The lowest BCUT2D eigenvalue weighted by atomic mass is 10.1. The summed E-state index contributed by atoms with van der Waals surface area (Å²) in [6.07, 6.45) is 1.69. The fourth-order valence-electron chi connectivity index (χ4n) is 4.32. The van der Waals surface area contributed by atoms with Crippen molar-refractivity contribution in [1.29, 1.82) is 0 Å². The van der Waals surface area contributed by atoms with E-state index in [0.717, 1.165) is 26.8 Å². The lowest BCUT2D eigenvalue weighted by Gasteiger charge is -2.12. The molecule has 4 aromatic rings. The van der Waals surface area contributed by atoms with Crippen LogP contribution in [0.5, 0.6) is 11.5 Å². The highest BCUT2D eigenvalue weighted by molar-refractivity contribution is 7.21. The monoisotopic (exact) mass is 584 g/mol. The summed E-state index contributed by atoms with van der Waals surface area (Å²) in [6, 6.07) is 9.21. The number of aryl methyl sites for hydroxylation is 1. The van der Waals surface area contributed by atoms with Gasteiger partial charge in [0.25, 0.3) is 0 Å². The molecule has 0 aliphatic rings. The fraction of sp³-hybridized carbons (Fsp3) is 0.321. The number of carbonyl (C=O) groups excluding carboxylic acids is 2. The van der Waals surface area contributed by atoms with Crippen LogP contribution >= 0.6 is 22.7 Å². The summed E-state index contributed by atoms with van der Waals surface area (Å²) in [6.45, 7) is 0.568. The van der Waals surface area contributed by atoms with Gasteiger partial charge in [0, 0.05) is 35.0 Å². The molecule has 3 heterocycles. The van der Waals surface area contributed by atoms with Gasteiger partial charge in [-0.15, -0.1) is 22.7 Å². The first-order chi connectivity index (χ1) is 19.2. The summed E-state index contributed by atoms with van der Waals surface area (Å²) >= 11 is 2.61. The standard InChI is InChI=1S/C28H28N2O8S2/c1-37-20-13-22-16(11-25(39-22)19(32)5-6-26(33)34)10-15(20)4-3-8-29-27-21(38-2)14-24-18(30-27)12-23(40-24)17(7-9-31)28(35)36/h9-14,17H,3-8H2,1-2H3,(H,29,30)(H,33,34)(H,35,36). The molecule has 1 atom stereocenters. The molecule has 0 spiro atoms. The van der Waals surface area contributed by atoms with E-state index in [2.05, 4.69) is 10.3 Å². The maximum Gasteiger partial charge on any atom is 0.312 e. The van der Waals surface area contributed by atoms with Gasteiger partial charge in [0.05, 0.1) is 41.7 Å². The predicted octanol–water partition coefficient (Wildman–Crippen LogP) is 5.38. The van der Waals surface area contributed by atoms with E-state index >= 15 is 0 Å². The zero-order chi connectivity index (χ0) is 28.8. The number of hydrogen-bond acceptors (Lipinski definition) is 10.